The van der Waals surface area contributed by atoms with Gasteiger partial charge in [-0.3, -0.25) is 5.01 Å². The van der Waals surface area contributed by atoms with E-state index in [2.05, 4.69) is 128 Å². The Hall–Kier alpha value is -2.43. The molecule has 0 saturated heterocycles. The molecule has 5 rings (SSSR count). The lowest BCUT2D eigenvalue weighted by Crippen LogP contribution is -2.18. The van der Waals surface area contributed by atoms with Crippen LogP contribution in [0, 0.1) is 0 Å². The number of fused-ring (bicyclic) bond motifs is 1. The van der Waals surface area contributed by atoms with Crippen LogP contribution in [-0.2, 0) is 0 Å². The van der Waals surface area contributed by atoms with Crippen molar-refractivity contribution in [1.82, 2.24) is 0 Å². The molecule has 0 N–H and O–H groups in total. The number of benzene rings is 4. The molecule has 0 radical (unpaired) electrons. The highest BCUT2D eigenvalue weighted by Crippen LogP contribution is 2.39. The average Bonchev–Trinajstić information content (AvgIpc) is 3.19. The molecule has 2 nitrogen and oxygen atoms in total. The lowest BCUT2D eigenvalue weighted by molar-refractivity contribution is 0.714. The van der Waals surface area contributed by atoms with Crippen molar-refractivity contribution < 1.29 is 0 Å². The first kappa shape index (κ1) is 18.6. The summed E-state index contributed by atoms with van der Waals surface area (Å²) in [5.74, 6) is 0. The zero-order valence-electron chi connectivity index (χ0n) is 15.6. The molecule has 4 aromatic carbocycles. The van der Waals surface area contributed by atoms with E-state index in [9.17, 15) is 0 Å². The van der Waals surface area contributed by atoms with E-state index in [1.54, 1.807) is 0 Å². The molecule has 1 aliphatic rings. The van der Waals surface area contributed by atoms with Gasteiger partial charge in [0.25, 0.3) is 0 Å². The lowest BCUT2D eigenvalue weighted by Gasteiger charge is -2.25. The standard InChI is InChI=1S/C25H18Br2N2/c26-19-10-8-18(9-11-19)24-16-25(29(28-24)21-14-12-20(27)13-15-21)23-7-3-5-17-4-1-2-6-22(17)23/h1-15,25H,16H2. The van der Waals surface area contributed by atoms with E-state index in [0.717, 1.165) is 32.3 Å². The fraction of sp³-hybridized carbons (Fsp3) is 0.0800. The van der Waals surface area contributed by atoms with Crippen LogP contribution in [-0.4, -0.2) is 5.71 Å². The molecule has 0 aromatic heterocycles. The van der Waals surface area contributed by atoms with E-state index in [1.165, 1.54) is 16.3 Å². The van der Waals surface area contributed by atoms with E-state index < -0.39 is 0 Å². The highest BCUT2D eigenvalue weighted by Gasteiger charge is 2.30. The second-order valence-electron chi connectivity index (χ2n) is 7.16. The number of hydrazone groups is 1. The molecule has 0 bridgehead atoms. The third kappa shape index (κ3) is 3.63. The summed E-state index contributed by atoms with van der Waals surface area (Å²) in [4.78, 5) is 0. The molecule has 29 heavy (non-hydrogen) atoms. The number of hydrogen-bond acceptors (Lipinski definition) is 2. The summed E-state index contributed by atoms with van der Waals surface area (Å²) < 4.78 is 2.15. The topological polar surface area (TPSA) is 15.6 Å². The van der Waals surface area contributed by atoms with Gasteiger partial charge in [-0.2, -0.15) is 5.10 Å². The monoisotopic (exact) mass is 504 g/mol. The van der Waals surface area contributed by atoms with Gasteiger partial charge in [0.1, 0.15) is 0 Å². The molecule has 142 valence electrons. The largest absolute Gasteiger partial charge is 0.257 e. The zero-order valence-corrected chi connectivity index (χ0v) is 18.8. The number of nitrogens with zero attached hydrogens (tertiary/aromatic N) is 2. The number of anilines is 1. The Kier molecular flexibility index (Phi) is 4.98. The smallest absolute Gasteiger partial charge is 0.0837 e. The summed E-state index contributed by atoms with van der Waals surface area (Å²) in [6, 6.07) is 32.1. The van der Waals surface area contributed by atoms with Crippen LogP contribution < -0.4 is 5.01 Å². The van der Waals surface area contributed by atoms with Crippen molar-refractivity contribution in [1.29, 1.82) is 0 Å². The van der Waals surface area contributed by atoms with E-state index in [4.69, 9.17) is 5.10 Å². The van der Waals surface area contributed by atoms with Crippen LogP contribution in [0.4, 0.5) is 5.69 Å². The normalized spacial score (nSPS) is 16.3. The quantitative estimate of drug-likeness (QED) is 0.278. The summed E-state index contributed by atoms with van der Waals surface area (Å²) in [6.45, 7) is 0. The summed E-state index contributed by atoms with van der Waals surface area (Å²) in [6.07, 6.45) is 0.867. The van der Waals surface area contributed by atoms with Crippen molar-refractivity contribution in [3.63, 3.8) is 0 Å². The van der Waals surface area contributed by atoms with Crippen LogP contribution in [0.1, 0.15) is 23.6 Å². The first-order chi connectivity index (χ1) is 14.2. The Morgan fingerprint density at radius 1 is 0.724 bits per heavy atom. The Bertz CT molecular complexity index is 1190. The molecule has 1 unspecified atom stereocenters. The molecular weight excluding hydrogens is 488 g/mol. The number of hydrogen-bond donors (Lipinski definition) is 0. The fourth-order valence-corrected chi connectivity index (χ4v) is 4.47. The van der Waals surface area contributed by atoms with Crippen molar-refractivity contribution in [3.8, 4) is 0 Å². The van der Waals surface area contributed by atoms with Crippen molar-refractivity contribution in [2.45, 2.75) is 12.5 Å². The molecular formula is C25H18Br2N2. The average molecular weight is 506 g/mol. The number of halogens is 2. The molecule has 1 atom stereocenters. The highest BCUT2D eigenvalue weighted by atomic mass is 79.9. The minimum Gasteiger partial charge on any atom is -0.257 e. The molecule has 0 amide bonds. The molecule has 0 spiro atoms. The van der Waals surface area contributed by atoms with Crippen LogP contribution in [0.15, 0.2) is 105 Å². The van der Waals surface area contributed by atoms with Crippen LogP contribution in [0.25, 0.3) is 10.8 Å². The van der Waals surface area contributed by atoms with Crippen molar-refractivity contribution in [2.75, 3.05) is 5.01 Å². The van der Waals surface area contributed by atoms with E-state index >= 15 is 0 Å². The Morgan fingerprint density at radius 2 is 1.38 bits per heavy atom. The fourth-order valence-electron chi connectivity index (χ4n) is 3.94. The first-order valence-electron chi connectivity index (χ1n) is 9.55. The minimum atomic E-state index is 0.154. The predicted octanol–water partition coefficient (Wildman–Crippen LogP) is 7.72. The van der Waals surface area contributed by atoms with Gasteiger partial charge in [-0.1, -0.05) is 86.5 Å². The number of rotatable bonds is 3. The van der Waals surface area contributed by atoms with E-state index in [-0.39, 0.29) is 6.04 Å². The Morgan fingerprint density at radius 3 is 2.14 bits per heavy atom. The second-order valence-corrected chi connectivity index (χ2v) is 8.99. The van der Waals surface area contributed by atoms with E-state index in [1.807, 2.05) is 0 Å². The maximum Gasteiger partial charge on any atom is 0.0837 e. The molecule has 4 aromatic rings. The van der Waals surface area contributed by atoms with Gasteiger partial charge in [0.05, 0.1) is 17.4 Å². The van der Waals surface area contributed by atoms with Crippen LogP contribution in [0.5, 0.6) is 0 Å². The maximum absolute atomic E-state index is 5.07. The van der Waals surface area contributed by atoms with Gasteiger partial charge < -0.3 is 0 Å². The van der Waals surface area contributed by atoms with Gasteiger partial charge in [-0.05, 0) is 58.3 Å². The lowest BCUT2D eigenvalue weighted by atomic mass is 9.94. The molecule has 0 saturated carbocycles. The van der Waals surface area contributed by atoms with Crippen LogP contribution in [0.2, 0.25) is 0 Å². The van der Waals surface area contributed by atoms with Gasteiger partial charge in [0.2, 0.25) is 0 Å². The predicted molar refractivity (Wildman–Crippen MR) is 129 cm³/mol. The highest BCUT2D eigenvalue weighted by molar-refractivity contribution is 9.10. The SMILES string of the molecule is Brc1ccc(C2=NN(c3ccc(Br)cc3)C(c3cccc4ccccc34)C2)cc1. The molecule has 1 heterocycles. The van der Waals surface area contributed by atoms with Gasteiger partial charge in [0.15, 0.2) is 0 Å². The Labute approximate surface area is 187 Å². The zero-order chi connectivity index (χ0) is 19.8. The summed E-state index contributed by atoms with van der Waals surface area (Å²) >= 11 is 7.07. The van der Waals surface area contributed by atoms with Crippen LogP contribution >= 0.6 is 31.9 Å². The third-order valence-corrected chi connectivity index (χ3v) is 6.42. The van der Waals surface area contributed by atoms with Gasteiger partial charge >= 0.3 is 0 Å². The van der Waals surface area contributed by atoms with Gasteiger partial charge in [-0.15, -0.1) is 0 Å². The second kappa shape index (κ2) is 7.77. The molecule has 1 aliphatic heterocycles. The maximum atomic E-state index is 5.07. The van der Waals surface area contributed by atoms with Crippen LogP contribution in [0.3, 0.4) is 0 Å². The molecule has 0 fully saturated rings. The minimum absolute atomic E-state index is 0.154. The molecule has 4 heteroatoms. The van der Waals surface area contributed by atoms with Crippen molar-refractivity contribution >= 4 is 54.0 Å². The first-order valence-corrected chi connectivity index (χ1v) is 11.1. The third-order valence-electron chi connectivity index (χ3n) is 5.36. The van der Waals surface area contributed by atoms with Crippen molar-refractivity contribution in [3.05, 3.63) is 111 Å². The van der Waals surface area contributed by atoms with E-state index in [0.29, 0.717) is 0 Å². The van der Waals surface area contributed by atoms with Gasteiger partial charge in [0, 0.05) is 15.4 Å². The summed E-state index contributed by atoms with van der Waals surface area (Å²) in [7, 11) is 0. The summed E-state index contributed by atoms with van der Waals surface area (Å²) in [5, 5.41) is 9.79. The molecule has 0 aliphatic carbocycles. The van der Waals surface area contributed by atoms with Gasteiger partial charge in [-0.25, -0.2) is 0 Å². The summed E-state index contributed by atoms with van der Waals surface area (Å²) in [5.41, 5.74) is 4.68. The Balaban J connectivity index is 1.63. The van der Waals surface area contributed by atoms with Crippen molar-refractivity contribution in [2.24, 2.45) is 5.10 Å².